The molecule has 0 spiro atoms. The van der Waals surface area contributed by atoms with E-state index < -0.39 is 16.0 Å². The Bertz CT molecular complexity index is 501. The summed E-state index contributed by atoms with van der Waals surface area (Å²) in [5, 5.41) is 4.73. The van der Waals surface area contributed by atoms with Crippen LogP contribution in [0.4, 0.5) is 10.1 Å². The zero-order chi connectivity index (χ0) is 11.6. The lowest BCUT2D eigenvalue weighted by Crippen LogP contribution is -2.22. The number of thiocarbonyl (C=S) groups is 1. The Morgan fingerprint density at radius 2 is 2.07 bits per heavy atom. The van der Waals surface area contributed by atoms with Crippen molar-refractivity contribution >= 4 is 33.1 Å². The highest BCUT2D eigenvalue weighted by Crippen LogP contribution is 2.15. The number of benzene rings is 1. The van der Waals surface area contributed by atoms with E-state index in [1.54, 1.807) is 0 Å². The van der Waals surface area contributed by atoms with E-state index in [2.05, 4.69) is 12.2 Å². The van der Waals surface area contributed by atoms with Crippen molar-refractivity contribution < 1.29 is 12.8 Å². The van der Waals surface area contributed by atoms with Gasteiger partial charge in [0.15, 0.2) is 0 Å². The summed E-state index contributed by atoms with van der Waals surface area (Å²) in [7, 11) is -3.89. The Labute approximate surface area is 91.4 Å². The minimum atomic E-state index is -3.89. The summed E-state index contributed by atoms with van der Waals surface area (Å²) in [6.45, 7) is 0. The molecule has 5 nitrogen and oxygen atoms in total. The summed E-state index contributed by atoms with van der Waals surface area (Å²) >= 11 is 4.58. The second-order valence-electron chi connectivity index (χ2n) is 2.71. The van der Waals surface area contributed by atoms with E-state index in [1.165, 1.54) is 12.1 Å². The Morgan fingerprint density at radius 1 is 1.47 bits per heavy atom. The topological polar surface area (TPSA) is 98.2 Å². The van der Waals surface area contributed by atoms with E-state index in [9.17, 15) is 12.8 Å². The fourth-order valence-electron chi connectivity index (χ4n) is 0.942. The summed E-state index contributed by atoms with van der Waals surface area (Å²) in [5.41, 5.74) is 5.29. The third-order valence-electron chi connectivity index (χ3n) is 1.49. The first-order valence-corrected chi connectivity index (χ1v) is 5.65. The molecule has 0 saturated heterocycles. The van der Waals surface area contributed by atoms with Crippen molar-refractivity contribution in [3.63, 3.8) is 0 Å². The number of hydrogen-bond acceptors (Lipinski definition) is 3. The molecule has 0 amide bonds. The molecule has 0 aliphatic heterocycles. The summed E-state index contributed by atoms with van der Waals surface area (Å²) < 4.78 is 36.4. The molecule has 0 atom stereocenters. The Balaban J connectivity index is 3.14. The van der Waals surface area contributed by atoms with Gasteiger partial charge in [-0.3, -0.25) is 4.72 Å². The van der Waals surface area contributed by atoms with Crippen molar-refractivity contribution in [2.75, 3.05) is 4.72 Å². The van der Waals surface area contributed by atoms with Crippen molar-refractivity contribution in [1.29, 1.82) is 0 Å². The molecule has 0 heterocycles. The van der Waals surface area contributed by atoms with Gasteiger partial charge in [-0.05, 0) is 18.2 Å². The van der Waals surface area contributed by atoms with Gasteiger partial charge in [0.25, 0.3) is 10.2 Å². The molecule has 0 bridgehead atoms. The maximum atomic E-state index is 13.1. The molecule has 1 aromatic carbocycles. The van der Waals surface area contributed by atoms with Crippen molar-refractivity contribution in [3.8, 4) is 0 Å². The smallest absolute Gasteiger partial charge is 0.296 e. The normalized spacial score (nSPS) is 11.1. The number of anilines is 1. The molecule has 82 valence electrons. The molecule has 0 unspecified atom stereocenters. The van der Waals surface area contributed by atoms with Crippen LogP contribution in [0.25, 0.3) is 0 Å². The molecule has 0 aliphatic carbocycles. The molecule has 1 rings (SSSR count). The maximum Gasteiger partial charge on any atom is 0.296 e. The monoisotopic (exact) mass is 249 g/mol. The van der Waals surface area contributed by atoms with E-state index in [-0.39, 0.29) is 16.2 Å². The predicted molar refractivity (Wildman–Crippen MR) is 59.0 cm³/mol. The standard InChI is InChI=1S/C7H8FN3O2S2/c8-6-2-1-4(11-15(10,12)13)3-5(6)7(9)14/h1-3,11H,(H2,9,14)(H2,10,12,13). The van der Waals surface area contributed by atoms with Crippen LogP contribution in [0.1, 0.15) is 5.56 Å². The number of rotatable bonds is 3. The average Bonchev–Trinajstić information content (AvgIpc) is 2.05. The van der Waals surface area contributed by atoms with Gasteiger partial charge < -0.3 is 5.73 Å². The summed E-state index contributed by atoms with van der Waals surface area (Å²) in [6, 6.07) is 3.42. The van der Waals surface area contributed by atoms with Gasteiger partial charge in [0.1, 0.15) is 10.8 Å². The van der Waals surface area contributed by atoms with Gasteiger partial charge in [0.2, 0.25) is 0 Å². The molecule has 0 aliphatic rings. The molecule has 15 heavy (non-hydrogen) atoms. The lowest BCUT2D eigenvalue weighted by Gasteiger charge is -2.06. The van der Waals surface area contributed by atoms with Gasteiger partial charge in [-0.15, -0.1) is 0 Å². The maximum absolute atomic E-state index is 13.1. The molecule has 1 aromatic rings. The average molecular weight is 249 g/mol. The Morgan fingerprint density at radius 3 is 2.53 bits per heavy atom. The van der Waals surface area contributed by atoms with Gasteiger partial charge in [0, 0.05) is 5.56 Å². The second-order valence-corrected chi connectivity index (χ2v) is 4.44. The van der Waals surface area contributed by atoms with E-state index >= 15 is 0 Å². The molecule has 0 saturated carbocycles. The SMILES string of the molecule is NC(=S)c1cc(NS(N)(=O)=O)ccc1F. The Kier molecular flexibility index (Phi) is 3.22. The van der Waals surface area contributed by atoms with Crippen LogP contribution in [0.2, 0.25) is 0 Å². The van der Waals surface area contributed by atoms with Crippen LogP contribution in [0.15, 0.2) is 18.2 Å². The molecule has 0 fully saturated rings. The number of nitrogens with one attached hydrogen (secondary N) is 1. The number of nitrogens with two attached hydrogens (primary N) is 2. The molecular formula is C7H8FN3O2S2. The van der Waals surface area contributed by atoms with E-state index in [4.69, 9.17) is 10.9 Å². The summed E-state index contributed by atoms with van der Waals surface area (Å²) in [6.07, 6.45) is 0. The first-order chi connectivity index (χ1) is 6.79. The zero-order valence-corrected chi connectivity index (χ0v) is 9.03. The van der Waals surface area contributed by atoms with Gasteiger partial charge >= 0.3 is 0 Å². The number of halogens is 1. The Hall–Kier alpha value is -1.25. The van der Waals surface area contributed by atoms with Crippen LogP contribution >= 0.6 is 12.2 Å². The van der Waals surface area contributed by atoms with E-state index in [1.807, 2.05) is 4.72 Å². The fourth-order valence-corrected chi connectivity index (χ4v) is 1.55. The highest BCUT2D eigenvalue weighted by atomic mass is 32.2. The van der Waals surface area contributed by atoms with Crippen LogP contribution in [-0.4, -0.2) is 13.4 Å². The number of hydrogen-bond donors (Lipinski definition) is 3. The first kappa shape index (κ1) is 11.8. The third-order valence-corrected chi connectivity index (χ3v) is 2.23. The highest BCUT2D eigenvalue weighted by Gasteiger charge is 2.08. The predicted octanol–water partition coefficient (Wildman–Crippen LogP) is 0.0753. The zero-order valence-electron chi connectivity index (χ0n) is 7.40. The van der Waals surface area contributed by atoms with Gasteiger partial charge in [-0.1, -0.05) is 12.2 Å². The largest absolute Gasteiger partial charge is 0.389 e. The third kappa shape index (κ3) is 3.42. The molecule has 0 radical (unpaired) electrons. The second kappa shape index (κ2) is 4.09. The van der Waals surface area contributed by atoms with Crippen LogP contribution in [0.3, 0.4) is 0 Å². The molecule has 0 aromatic heterocycles. The molecule has 5 N–H and O–H groups in total. The highest BCUT2D eigenvalue weighted by molar-refractivity contribution is 7.90. The minimum Gasteiger partial charge on any atom is -0.389 e. The van der Waals surface area contributed by atoms with Crippen LogP contribution in [0.5, 0.6) is 0 Å². The lowest BCUT2D eigenvalue weighted by atomic mass is 10.2. The summed E-state index contributed by atoms with van der Waals surface area (Å²) in [4.78, 5) is -0.162. The quantitative estimate of drug-likeness (QED) is 0.660. The van der Waals surface area contributed by atoms with Crippen molar-refractivity contribution in [2.24, 2.45) is 10.9 Å². The van der Waals surface area contributed by atoms with Gasteiger partial charge in [-0.25, -0.2) is 9.53 Å². The van der Waals surface area contributed by atoms with Crippen LogP contribution in [0, 0.1) is 5.82 Å². The van der Waals surface area contributed by atoms with Gasteiger partial charge in [0.05, 0.1) is 5.69 Å². The van der Waals surface area contributed by atoms with Crippen LogP contribution < -0.4 is 15.6 Å². The van der Waals surface area contributed by atoms with E-state index in [0.717, 1.165) is 6.07 Å². The van der Waals surface area contributed by atoms with Crippen molar-refractivity contribution in [3.05, 3.63) is 29.6 Å². The van der Waals surface area contributed by atoms with Crippen molar-refractivity contribution in [1.82, 2.24) is 0 Å². The van der Waals surface area contributed by atoms with Gasteiger partial charge in [-0.2, -0.15) is 8.42 Å². The fraction of sp³-hybridized carbons (Fsp3) is 0. The minimum absolute atomic E-state index is 0.0429. The molecular weight excluding hydrogens is 241 g/mol. The summed E-state index contributed by atoms with van der Waals surface area (Å²) in [5.74, 6) is -0.623. The molecule has 8 heteroatoms. The first-order valence-electron chi connectivity index (χ1n) is 3.69. The lowest BCUT2D eigenvalue weighted by molar-refractivity contribution is 0.602. The van der Waals surface area contributed by atoms with Crippen LogP contribution in [-0.2, 0) is 10.2 Å². The van der Waals surface area contributed by atoms with E-state index in [0.29, 0.717) is 0 Å². The van der Waals surface area contributed by atoms with Crippen molar-refractivity contribution in [2.45, 2.75) is 0 Å².